The molecule has 0 heterocycles. The molecule has 11 nitrogen and oxygen atoms in total. The highest BCUT2D eigenvalue weighted by molar-refractivity contribution is 5.76. The van der Waals surface area contributed by atoms with Crippen molar-refractivity contribution in [2.24, 2.45) is 10.8 Å². The molecule has 0 saturated carbocycles. The molecule has 0 aromatic heterocycles. The highest BCUT2D eigenvalue weighted by Gasteiger charge is 2.02. The van der Waals surface area contributed by atoms with Crippen LogP contribution in [0.2, 0.25) is 0 Å². The lowest BCUT2D eigenvalue weighted by molar-refractivity contribution is -0.124. The second-order valence-electron chi connectivity index (χ2n) is 4.78. The fraction of sp³-hybridized carbons (Fsp3) is 0.857. The molecule has 2 amide bonds. The van der Waals surface area contributed by atoms with Crippen molar-refractivity contribution in [2.45, 2.75) is 12.8 Å². The van der Waals surface area contributed by atoms with E-state index in [4.69, 9.17) is 25.5 Å². The molecule has 0 saturated heterocycles. The van der Waals surface area contributed by atoms with E-state index in [1.807, 2.05) is 0 Å². The maximum absolute atomic E-state index is 11.5. The molecule has 0 aliphatic carbocycles. The van der Waals surface area contributed by atoms with Crippen LogP contribution in [-0.4, -0.2) is 77.6 Å². The number of carbonyl (C=O) groups is 2. The van der Waals surface area contributed by atoms with E-state index in [2.05, 4.69) is 20.7 Å². The van der Waals surface area contributed by atoms with Gasteiger partial charge in [-0.1, -0.05) is 5.11 Å². The Morgan fingerprint density at radius 2 is 1.40 bits per heavy atom. The average Bonchev–Trinajstić information content (AvgIpc) is 2.61. The Kier molecular flexibility index (Phi) is 17.0. The van der Waals surface area contributed by atoms with Gasteiger partial charge in [0.1, 0.15) is 0 Å². The Morgan fingerprint density at radius 3 is 1.92 bits per heavy atom. The predicted molar refractivity (Wildman–Crippen MR) is 90.8 cm³/mol. The van der Waals surface area contributed by atoms with Crippen LogP contribution in [0.4, 0.5) is 0 Å². The van der Waals surface area contributed by atoms with Crippen LogP contribution in [0.3, 0.4) is 0 Å². The number of nitrogens with one attached hydrogen (secondary N) is 2. The largest absolute Gasteiger partial charge is 0.380 e. The van der Waals surface area contributed by atoms with E-state index >= 15 is 0 Å². The van der Waals surface area contributed by atoms with Gasteiger partial charge in [0.25, 0.3) is 0 Å². The van der Waals surface area contributed by atoms with Gasteiger partial charge in [0.15, 0.2) is 0 Å². The number of hydrogen-bond acceptors (Lipinski definition) is 7. The van der Waals surface area contributed by atoms with Gasteiger partial charge < -0.3 is 30.6 Å². The molecule has 0 unspecified atom stereocenters. The normalized spacial score (nSPS) is 10.1. The zero-order chi connectivity index (χ0) is 18.6. The molecular formula is C14H28N6O5. The summed E-state index contributed by atoms with van der Waals surface area (Å²) in [6.07, 6.45) is 0.521. The minimum Gasteiger partial charge on any atom is -0.380 e. The summed E-state index contributed by atoms with van der Waals surface area (Å²) in [5, 5.41) is 8.68. The van der Waals surface area contributed by atoms with E-state index in [0.717, 1.165) is 0 Å². The molecule has 0 aromatic carbocycles. The Balaban J connectivity index is 3.31. The van der Waals surface area contributed by atoms with Gasteiger partial charge in [0, 0.05) is 43.9 Å². The number of nitrogens with zero attached hydrogens (tertiary/aromatic N) is 3. The Labute approximate surface area is 147 Å². The van der Waals surface area contributed by atoms with E-state index in [9.17, 15) is 9.59 Å². The van der Waals surface area contributed by atoms with Crippen LogP contribution in [0.25, 0.3) is 10.4 Å². The van der Waals surface area contributed by atoms with Crippen molar-refractivity contribution in [3.8, 4) is 0 Å². The topological polar surface area (TPSA) is 161 Å². The van der Waals surface area contributed by atoms with Crippen LogP contribution in [0, 0.1) is 0 Å². The number of rotatable bonds is 17. The lowest BCUT2D eigenvalue weighted by Crippen LogP contribution is -2.30. The second kappa shape index (κ2) is 18.4. The summed E-state index contributed by atoms with van der Waals surface area (Å²) in [6.45, 7) is 3.57. The third-order valence-electron chi connectivity index (χ3n) is 2.75. The standard InChI is InChI=1S/C14H28N6O5/c15-3-9-23-7-1-13(21)17-4-10-24-8-2-14(22)18-5-11-25-12-6-19-20-16/h1-12,15H2,(H,17,21)(H,18,22). The maximum Gasteiger partial charge on any atom is 0.222 e. The number of carbonyl (C=O) groups excluding carboxylic acids is 2. The van der Waals surface area contributed by atoms with Crippen molar-refractivity contribution in [2.75, 3.05) is 65.8 Å². The summed E-state index contributed by atoms with van der Waals surface area (Å²) in [7, 11) is 0. The van der Waals surface area contributed by atoms with Gasteiger partial charge in [-0.05, 0) is 5.53 Å². The number of nitrogens with two attached hydrogens (primary N) is 1. The third kappa shape index (κ3) is 18.3. The molecule has 0 bridgehead atoms. The van der Waals surface area contributed by atoms with E-state index in [-0.39, 0.29) is 37.8 Å². The highest BCUT2D eigenvalue weighted by atomic mass is 16.5. The quantitative estimate of drug-likeness (QED) is 0.135. The van der Waals surface area contributed by atoms with Gasteiger partial charge >= 0.3 is 0 Å². The lowest BCUT2D eigenvalue weighted by Gasteiger charge is -2.08. The summed E-state index contributed by atoms with van der Waals surface area (Å²) in [6, 6.07) is 0. The van der Waals surface area contributed by atoms with E-state index in [1.54, 1.807) is 0 Å². The molecular weight excluding hydrogens is 332 g/mol. The van der Waals surface area contributed by atoms with Crippen LogP contribution >= 0.6 is 0 Å². The Morgan fingerprint density at radius 1 is 0.880 bits per heavy atom. The van der Waals surface area contributed by atoms with E-state index in [1.165, 1.54) is 0 Å². The van der Waals surface area contributed by atoms with Crippen molar-refractivity contribution in [1.82, 2.24) is 10.6 Å². The molecule has 0 aliphatic heterocycles. The molecule has 4 N–H and O–H groups in total. The molecule has 0 fully saturated rings. The number of hydrogen-bond donors (Lipinski definition) is 3. The first kappa shape index (κ1) is 23.1. The Hall–Kier alpha value is -1.91. The summed E-state index contributed by atoms with van der Waals surface area (Å²) in [5.41, 5.74) is 13.3. The molecule has 0 spiro atoms. The predicted octanol–water partition coefficient (Wildman–Crippen LogP) is -0.682. The van der Waals surface area contributed by atoms with Gasteiger partial charge in [-0.3, -0.25) is 9.59 Å². The number of amides is 2. The zero-order valence-electron chi connectivity index (χ0n) is 14.4. The number of ether oxygens (including phenoxy) is 3. The lowest BCUT2D eigenvalue weighted by atomic mass is 10.4. The average molecular weight is 360 g/mol. The first-order chi connectivity index (χ1) is 12.2. The van der Waals surface area contributed by atoms with Gasteiger partial charge in [-0.15, -0.1) is 0 Å². The molecule has 25 heavy (non-hydrogen) atoms. The van der Waals surface area contributed by atoms with Crippen molar-refractivity contribution in [1.29, 1.82) is 0 Å². The van der Waals surface area contributed by atoms with Crippen molar-refractivity contribution >= 4 is 11.8 Å². The number of azide groups is 1. The van der Waals surface area contributed by atoms with Crippen molar-refractivity contribution in [3.05, 3.63) is 10.4 Å². The molecule has 144 valence electrons. The van der Waals surface area contributed by atoms with Gasteiger partial charge in [-0.25, -0.2) is 0 Å². The first-order valence-electron chi connectivity index (χ1n) is 8.18. The van der Waals surface area contributed by atoms with Gasteiger partial charge in [0.2, 0.25) is 11.8 Å². The summed E-state index contributed by atoms with van der Waals surface area (Å²) < 4.78 is 15.5. The van der Waals surface area contributed by atoms with Crippen LogP contribution < -0.4 is 16.4 Å². The highest BCUT2D eigenvalue weighted by Crippen LogP contribution is 1.85. The maximum atomic E-state index is 11.5. The minimum absolute atomic E-state index is 0.112. The minimum atomic E-state index is -0.139. The molecule has 11 heteroatoms. The van der Waals surface area contributed by atoms with E-state index < -0.39 is 0 Å². The fourth-order valence-electron chi connectivity index (χ4n) is 1.57. The molecule has 0 atom stereocenters. The molecule has 0 radical (unpaired) electrons. The molecule has 0 rings (SSSR count). The molecule has 0 aliphatic rings. The summed E-state index contributed by atoms with van der Waals surface area (Å²) >= 11 is 0. The van der Waals surface area contributed by atoms with Crippen molar-refractivity contribution in [3.63, 3.8) is 0 Å². The van der Waals surface area contributed by atoms with Gasteiger partial charge in [0.05, 0.1) is 39.6 Å². The SMILES string of the molecule is [N-]=[N+]=NCCOCCNC(=O)CCOCCNC(=O)CCOCCN. The van der Waals surface area contributed by atoms with Crippen LogP contribution in [-0.2, 0) is 23.8 Å². The zero-order valence-corrected chi connectivity index (χ0v) is 14.4. The third-order valence-corrected chi connectivity index (χ3v) is 2.75. The fourth-order valence-corrected chi connectivity index (χ4v) is 1.57. The summed E-state index contributed by atoms with van der Waals surface area (Å²) in [5.74, 6) is -0.251. The van der Waals surface area contributed by atoms with Crippen LogP contribution in [0.1, 0.15) is 12.8 Å². The monoisotopic (exact) mass is 360 g/mol. The second-order valence-corrected chi connectivity index (χ2v) is 4.78. The van der Waals surface area contributed by atoms with Crippen molar-refractivity contribution < 1.29 is 23.8 Å². The van der Waals surface area contributed by atoms with Gasteiger partial charge in [-0.2, -0.15) is 0 Å². The molecule has 0 aromatic rings. The van der Waals surface area contributed by atoms with Crippen LogP contribution in [0.5, 0.6) is 0 Å². The smallest absolute Gasteiger partial charge is 0.222 e. The first-order valence-corrected chi connectivity index (χ1v) is 8.18. The van der Waals surface area contributed by atoms with E-state index in [0.29, 0.717) is 52.7 Å². The summed E-state index contributed by atoms with van der Waals surface area (Å²) in [4.78, 5) is 25.5. The Bertz CT molecular complexity index is 403. The van der Waals surface area contributed by atoms with Crippen LogP contribution in [0.15, 0.2) is 5.11 Å².